The molecule has 1 aliphatic heterocycles. The number of benzene rings is 2. The minimum Gasteiger partial charge on any atom is -0.493 e. The summed E-state index contributed by atoms with van der Waals surface area (Å²) in [5.74, 6) is 1.18. The van der Waals surface area contributed by atoms with Crippen molar-refractivity contribution in [1.29, 1.82) is 0 Å². The third-order valence-electron chi connectivity index (χ3n) is 5.79. The van der Waals surface area contributed by atoms with E-state index in [0.29, 0.717) is 22.7 Å². The van der Waals surface area contributed by atoms with Gasteiger partial charge in [-0.1, -0.05) is 19.1 Å². The maximum atomic E-state index is 13.2. The van der Waals surface area contributed by atoms with Crippen molar-refractivity contribution in [2.24, 2.45) is 0 Å². The Bertz CT molecular complexity index is 1090. The number of aryl methyl sites for hydroxylation is 1. The summed E-state index contributed by atoms with van der Waals surface area (Å²) in [5.41, 5.74) is 4.16. The molecule has 1 fully saturated rings. The highest BCUT2D eigenvalue weighted by atomic mass is 16.5. The summed E-state index contributed by atoms with van der Waals surface area (Å²) < 4.78 is 11.0. The van der Waals surface area contributed by atoms with E-state index in [0.717, 1.165) is 49.1 Å². The number of hydrogen-bond acceptors (Lipinski definition) is 5. The number of carbonyl (C=O) groups is 1. The Morgan fingerprint density at radius 2 is 1.77 bits per heavy atom. The Kier molecular flexibility index (Phi) is 6.26. The average molecular weight is 420 g/mol. The van der Waals surface area contributed by atoms with Crippen molar-refractivity contribution in [3.63, 3.8) is 0 Å². The predicted molar refractivity (Wildman–Crippen MR) is 124 cm³/mol. The summed E-state index contributed by atoms with van der Waals surface area (Å²) in [6, 6.07) is 13.9. The van der Waals surface area contributed by atoms with E-state index in [1.54, 1.807) is 14.2 Å². The highest BCUT2D eigenvalue weighted by molar-refractivity contribution is 6.01. The number of rotatable bonds is 6. The molecule has 1 amide bonds. The maximum Gasteiger partial charge on any atom is 0.272 e. The van der Waals surface area contributed by atoms with Crippen molar-refractivity contribution in [2.45, 2.75) is 32.6 Å². The van der Waals surface area contributed by atoms with E-state index < -0.39 is 0 Å². The fraction of sp³-hybridized carbons (Fsp3) is 0.360. The monoisotopic (exact) mass is 419 g/mol. The lowest BCUT2D eigenvalue weighted by atomic mass is 10.1. The van der Waals surface area contributed by atoms with E-state index >= 15 is 0 Å². The molecule has 4 rings (SSSR count). The number of aromatic nitrogens is 1. The Hall–Kier alpha value is -3.28. The smallest absolute Gasteiger partial charge is 0.272 e. The molecule has 0 atom stereocenters. The van der Waals surface area contributed by atoms with Crippen molar-refractivity contribution in [3.8, 4) is 11.5 Å². The number of amides is 1. The molecule has 2 aromatic carbocycles. The topological polar surface area (TPSA) is 63.7 Å². The van der Waals surface area contributed by atoms with Gasteiger partial charge in [-0.2, -0.15) is 0 Å². The molecule has 1 N–H and O–H groups in total. The van der Waals surface area contributed by atoms with Gasteiger partial charge in [-0.05, 0) is 55.5 Å². The van der Waals surface area contributed by atoms with Crippen molar-refractivity contribution in [1.82, 2.24) is 9.88 Å². The van der Waals surface area contributed by atoms with Crippen molar-refractivity contribution in [2.75, 3.05) is 32.6 Å². The van der Waals surface area contributed by atoms with Crippen LogP contribution in [0.2, 0.25) is 0 Å². The Balaban J connectivity index is 1.82. The van der Waals surface area contributed by atoms with Gasteiger partial charge < -0.3 is 19.7 Å². The molecule has 31 heavy (non-hydrogen) atoms. The van der Waals surface area contributed by atoms with Crippen LogP contribution in [0.15, 0.2) is 42.5 Å². The van der Waals surface area contributed by atoms with E-state index in [9.17, 15) is 4.79 Å². The number of pyridine rings is 1. The second kappa shape index (κ2) is 9.25. The number of methoxy groups -OCH3 is 2. The van der Waals surface area contributed by atoms with Gasteiger partial charge in [0.25, 0.3) is 5.91 Å². The lowest BCUT2D eigenvalue weighted by Gasteiger charge is -2.26. The molecule has 0 aliphatic carbocycles. The zero-order chi connectivity index (χ0) is 21.8. The quantitative estimate of drug-likeness (QED) is 0.596. The average Bonchev–Trinajstić information content (AvgIpc) is 2.83. The molecule has 0 unspecified atom stereocenters. The molecule has 6 heteroatoms. The first-order valence-corrected chi connectivity index (χ1v) is 10.8. The first-order valence-electron chi connectivity index (χ1n) is 10.8. The molecular weight excluding hydrogens is 390 g/mol. The number of nitrogens with one attached hydrogen (secondary N) is 1. The molecule has 1 aliphatic rings. The standard InChI is InChI=1S/C25H29N3O3/c1-4-17-9-8-10-18(13-17)26-20-15-22(25(29)28-11-6-5-7-12-28)27-21-16-24(31-3)23(30-2)14-19(20)21/h8-10,13-16H,4-7,11-12H2,1-3H3,(H,26,27). The number of carbonyl (C=O) groups excluding carboxylic acids is 1. The molecule has 2 heterocycles. The summed E-state index contributed by atoms with van der Waals surface area (Å²) in [6.45, 7) is 3.70. The van der Waals surface area contributed by atoms with Gasteiger partial charge in [0.2, 0.25) is 0 Å². The van der Waals surface area contributed by atoms with Crippen LogP contribution in [0.25, 0.3) is 10.9 Å². The second-order valence-electron chi connectivity index (χ2n) is 7.81. The van der Waals surface area contributed by atoms with Gasteiger partial charge in [-0.25, -0.2) is 4.98 Å². The fourth-order valence-electron chi connectivity index (χ4n) is 4.05. The predicted octanol–water partition coefficient (Wildman–Crippen LogP) is 5.18. The minimum absolute atomic E-state index is 0.0262. The number of ether oxygens (including phenoxy) is 2. The van der Waals surface area contributed by atoms with Crippen LogP contribution >= 0.6 is 0 Å². The number of fused-ring (bicyclic) bond motifs is 1. The van der Waals surface area contributed by atoms with Crippen LogP contribution in [-0.2, 0) is 6.42 Å². The first kappa shape index (κ1) is 21.0. The third-order valence-corrected chi connectivity index (χ3v) is 5.79. The highest BCUT2D eigenvalue weighted by Gasteiger charge is 2.22. The number of likely N-dealkylation sites (tertiary alicyclic amines) is 1. The zero-order valence-electron chi connectivity index (χ0n) is 18.4. The Morgan fingerprint density at radius 1 is 1.03 bits per heavy atom. The van der Waals surface area contributed by atoms with Crippen LogP contribution in [0.1, 0.15) is 42.2 Å². The van der Waals surface area contributed by atoms with E-state index in [-0.39, 0.29) is 5.91 Å². The summed E-state index contributed by atoms with van der Waals surface area (Å²) in [7, 11) is 3.21. The van der Waals surface area contributed by atoms with Crippen LogP contribution in [-0.4, -0.2) is 43.1 Å². The molecule has 0 saturated carbocycles. The van der Waals surface area contributed by atoms with Crippen LogP contribution in [0.5, 0.6) is 11.5 Å². The van der Waals surface area contributed by atoms with Crippen LogP contribution in [0, 0.1) is 0 Å². The minimum atomic E-state index is -0.0262. The van der Waals surface area contributed by atoms with Gasteiger partial charge >= 0.3 is 0 Å². The Morgan fingerprint density at radius 3 is 2.48 bits per heavy atom. The van der Waals surface area contributed by atoms with Crippen molar-refractivity contribution in [3.05, 3.63) is 53.7 Å². The Labute approximate surface area is 183 Å². The highest BCUT2D eigenvalue weighted by Crippen LogP contribution is 2.36. The molecule has 1 aromatic heterocycles. The molecule has 162 valence electrons. The summed E-state index contributed by atoms with van der Waals surface area (Å²) >= 11 is 0. The van der Waals surface area contributed by atoms with Crippen LogP contribution in [0.3, 0.4) is 0 Å². The van der Waals surface area contributed by atoms with Gasteiger partial charge in [-0.15, -0.1) is 0 Å². The number of nitrogens with zero attached hydrogens (tertiary/aromatic N) is 2. The van der Waals surface area contributed by atoms with Gasteiger partial charge in [0.05, 0.1) is 25.4 Å². The van der Waals surface area contributed by atoms with Gasteiger partial charge in [-0.3, -0.25) is 4.79 Å². The normalized spacial score (nSPS) is 13.8. The largest absolute Gasteiger partial charge is 0.493 e. The second-order valence-corrected chi connectivity index (χ2v) is 7.81. The fourth-order valence-corrected chi connectivity index (χ4v) is 4.05. The first-order chi connectivity index (χ1) is 15.1. The third kappa shape index (κ3) is 4.43. The molecular formula is C25H29N3O3. The number of piperidine rings is 1. The number of hydrogen-bond donors (Lipinski definition) is 1. The van der Waals surface area contributed by atoms with Gasteiger partial charge in [0.1, 0.15) is 5.69 Å². The zero-order valence-corrected chi connectivity index (χ0v) is 18.4. The maximum absolute atomic E-state index is 13.2. The molecule has 6 nitrogen and oxygen atoms in total. The summed E-state index contributed by atoms with van der Waals surface area (Å²) in [6.07, 6.45) is 4.21. The molecule has 3 aromatic rings. The van der Waals surface area contributed by atoms with Crippen LogP contribution in [0.4, 0.5) is 11.4 Å². The van der Waals surface area contributed by atoms with E-state index in [2.05, 4.69) is 24.4 Å². The van der Waals surface area contributed by atoms with Crippen LogP contribution < -0.4 is 14.8 Å². The van der Waals surface area contributed by atoms with E-state index in [1.165, 1.54) is 12.0 Å². The summed E-state index contributed by atoms with van der Waals surface area (Å²) in [5, 5.41) is 4.37. The molecule has 1 saturated heterocycles. The van der Waals surface area contributed by atoms with E-state index in [4.69, 9.17) is 14.5 Å². The van der Waals surface area contributed by atoms with Gasteiger partial charge in [0.15, 0.2) is 11.5 Å². The van der Waals surface area contributed by atoms with Gasteiger partial charge in [0, 0.05) is 30.2 Å². The summed E-state index contributed by atoms with van der Waals surface area (Å²) in [4.78, 5) is 19.8. The van der Waals surface area contributed by atoms with E-state index in [1.807, 2.05) is 35.2 Å². The molecule has 0 radical (unpaired) electrons. The lowest BCUT2D eigenvalue weighted by molar-refractivity contribution is 0.0719. The van der Waals surface area contributed by atoms with Crippen molar-refractivity contribution >= 4 is 28.2 Å². The number of anilines is 2. The SMILES string of the molecule is CCc1cccc(Nc2cc(C(=O)N3CCCCC3)nc3cc(OC)c(OC)cc23)c1. The molecule has 0 spiro atoms. The molecule has 0 bridgehead atoms. The lowest BCUT2D eigenvalue weighted by Crippen LogP contribution is -2.36. The van der Waals surface area contributed by atoms with Crippen molar-refractivity contribution < 1.29 is 14.3 Å².